The molecule has 0 spiro atoms. The molecule has 0 bridgehead atoms. The molecule has 2 nitrogen and oxygen atoms in total. The van der Waals surface area contributed by atoms with Crippen molar-refractivity contribution in [1.82, 2.24) is 4.90 Å². The second-order valence-corrected chi connectivity index (χ2v) is 6.24. The lowest BCUT2D eigenvalue weighted by molar-refractivity contribution is 0.166. The minimum atomic E-state index is 0.245. The Morgan fingerprint density at radius 2 is 2.07 bits per heavy atom. The quantitative estimate of drug-likeness (QED) is 0.780. The fourth-order valence-corrected chi connectivity index (χ4v) is 2.60. The van der Waals surface area contributed by atoms with Crippen molar-refractivity contribution in [2.45, 2.75) is 33.2 Å². The van der Waals surface area contributed by atoms with Crippen LogP contribution in [-0.4, -0.2) is 42.1 Å². The van der Waals surface area contributed by atoms with E-state index in [4.69, 9.17) is 5.73 Å². The lowest BCUT2D eigenvalue weighted by atomic mass is 9.85. The predicted molar refractivity (Wildman–Crippen MR) is 65.8 cm³/mol. The minimum absolute atomic E-state index is 0.245. The van der Waals surface area contributed by atoms with Gasteiger partial charge in [-0.1, -0.05) is 13.8 Å². The smallest absolute Gasteiger partial charge is 0.00739 e. The SMILES string of the molecule is CC(N)C(C)(C)CN1CCCSCC1. The molecule has 0 aromatic carbocycles. The van der Waals surface area contributed by atoms with Gasteiger partial charge in [-0.25, -0.2) is 0 Å². The van der Waals surface area contributed by atoms with E-state index in [9.17, 15) is 0 Å². The highest BCUT2D eigenvalue weighted by molar-refractivity contribution is 7.99. The van der Waals surface area contributed by atoms with E-state index in [2.05, 4.69) is 37.4 Å². The first-order chi connectivity index (χ1) is 6.52. The summed E-state index contributed by atoms with van der Waals surface area (Å²) in [7, 11) is 0. The number of hydrogen-bond acceptors (Lipinski definition) is 3. The molecule has 0 saturated carbocycles. The van der Waals surface area contributed by atoms with Gasteiger partial charge in [-0.05, 0) is 31.1 Å². The molecule has 1 rings (SSSR count). The Hall–Kier alpha value is 0.270. The lowest BCUT2D eigenvalue weighted by Crippen LogP contribution is -2.44. The van der Waals surface area contributed by atoms with Crippen LogP contribution in [0.15, 0.2) is 0 Å². The first kappa shape index (κ1) is 12.3. The average Bonchev–Trinajstić information content (AvgIpc) is 2.32. The summed E-state index contributed by atoms with van der Waals surface area (Å²) in [6.45, 7) is 10.3. The van der Waals surface area contributed by atoms with Gasteiger partial charge in [0.25, 0.3) is 0 Å². The van der Waals surface area contributed by atoms with Gasteiger partial charge < -0.3 is 10.6 Å². The van der Waals surface area contributed by atoms with E-state index in [0.717, 1.165) is 6.54 Å². The van der Waals surface area contributed by atoms with Gasteiger partial charge in [0, 0.05) is 24.9 Å². The van der Waals surface area contributed by atoms with Crippen LogP contribution in [0.2, 0.25) is 0 Å². The van der Waals surface area contributed by atoms with Crippen molar-refractivity contribution in [2.24, 2.45) is 11.1 Å². The minimum Gasteiger partial charge on any atom is -0.327 e. The summed E-state index contributed by atoms with van der Waals surface area (Å²) in [5.74, 6) is 2.62. The zero-order chi connectivity index (χ0) is 10.6. The molecule has 1 heterocycles. The molecule has 0 aromatic rings. The molecule has 1 aliphatic heterocycles. The highest BCUT2D eigenvalue weighted by atomic mass is 32.2. The molecule has 0 amide bonds. The van der Waals surface area contributed by atoms with Crippen LogP contribution in [0.5, 0.6) is 0 Å². The second-order valence-electron chi connectivity index (χ2n) is 5.02. The van der Waals surface area contributed by atoms with Crippen LogP contribution in [0, 0.1) is 5.41 Å². The van der Waals surface area contributed by atoms with Crippen LogP contribution in [0.4, 0.5) is 0 Å². The van der Waals surface area contributed by atoms with Crippen molar-refractivity contribution < 1.29 is 0 Å². The van der Waals surface area contributed by atoms with Gasteiger partial charge in [0.2, 0.25) is 0 Å². The fraction of sp³-hybridized carbons (Fsp3) is 1.00. The molecule has 3 heteroatoms. The Labute approximate surface area is 92.6 Å². The third-order valence-electron chi connectivity index (χ3n) is 3.18. The first-order valence-corrected chi connectivity index (χ1v) is 6.73. The van der Waals surface area contributed by atoms with E-state index >= 15 is 0 Å². The molecule has 14 heavy (non-hydrogen) atoms. The topological polar surface area (TPSA) is 29.3 Å². The summed E-state index contributed by atoms with van der Waals surface area (Å²) in [6.07, 6.45) is 1.33. The van der Waals surface area contributed by atoms with Crippen LogP contribution in [0.25, 0.3) is 0 Å². The number of nitrogens with zero attached hydrogens (tertiary/aromatic N) is 1. The largest absolute Gasteiger partial charge is 0.327 e. The van der Waals surface area contributed by atoms with Crippen molar-refractivity contribution in [3.63, 3.8) is 0 Å². The van der Waals surface area contributed by atoms with Crippen LogP contribution in [-0.2, 0) is 0 Å². The van der Waals surface area contributed by atoms with E-state index < -0.39 is 0 Å². The summed E-state index contributed by atoms with van der Waals surface area (Å²) in [5.41, 5.74) is 6.24. The lowest BCUT2D eigenvalue weighted by Gasteiger charge is -2.34. The van der Waals surface area contributed by atoms with Crippen LogP contribution < -0.4 is 5.73 Å². The van der Waals surface area contributed by atoms with Crippen molar-refractivity contribution >= 4 is 11.8 Å². The zero-order valence-electron chi connectivity index (χ0n) is 9.75. The molecule has 0 aromatic heterocycles. The molecule has 1 aliphatic rings. The summed E-state index contributed by atoms with van der Waals surface area (Å²) in [5, 5.41) is 0. The highest BCUT2D eigenvalue weighted by Crippen LogP contribution is 2.22. The maximum Gasteiger partial charge on any atom is 0.00739 e. The summed E-state index contributed by atoms with van der Waals surface area (Å²) >= 11 is 2.08. The Balaban J connectivity index is 2.41. The van der Waals surface area contributed by atoms with Gasteiger partial charge in [0.15, 0.2) is 0 Å². The summed E-state index contributed by atoms with van der Waals surface area (Å²) in [6, 6.07) is 0.276. The van der Waals surface area contributed by atoms with Gasteiger partial charge in [0.05, 0.1) is 0 Å². The van der Waals surface area contributed by atoms with Gasteiger partial charge in [-0.2, -0.15) is 11.8 Å². The van der Waals surface area contributed by atoms with Gasteiger partial charge >= 0.3 is 0 Å². The maximum absolute atomic E-state index is 5.99. The molecular weight excluding hydrogens is 192 g/mol. The Kier molecular flexibility index (Phi) is 4.74. The van der Waals surface area contributed by atoms with E-state index in [1.165, 1.54) is 31.0 Å². The third kappa shape index (κ3) is 3.79. The molecular formula is C11H24N2S. The summed E-state index contributed by atoms with van der Waals surface area (Å²) < 4.78 is 0. The molecule has 1 fully saturated rings. The highest BCUT2D eigenvalue weighted by Gasteiger charge is 2.26. The number of nitrogens with two attached hydrogens (primary N) is 1. The average molecular weight is 216 g/mol. The van der Waals surface area contributed by atoms with Crippen LogP contribution >= 0.6 is 11.8 Å². The molecule has 1 saturated heterocycles. The van der Waals surface area contributed by atoms with E-state index in [-0.39, 0.29) is 11.5 Å². The Morgan fingerprint density at radius 3 is 2.71 bits per heavy atom. The number of rotatable bonds is 3. The Bertz CT molecular complexity index is 161. The van der Waals surface area contributed by atoms with Crippen molar-refractivity contribution in [3.8, 4) is 0 Å². The van der Waals surface area contributed by atoms with Crippen molar-refractivity contribution in [2.75, 3.05) is 31.1 Å². The maximum atomic E-state index is 5.99. The predicted octanol–water partition coefficient (Wildman–Crippen LogP) is 1.80. The normalized spacial score (nSPS) is 23.1. The molecule has 0 radical (unpaired) electrons. The van der Waals surface area contributed by atoms with Gasteiger partial charge in [0.1, 0.15) is 0 Å². The molecule has 1 unspecified atom stereocenters. The van der Waals surface area contributed by atoms with Crippen molar-refractivity contribution in [3.05, 3.63) is 0 Å². The van der Waals surface area contributed by atoms with Crippen molar-refractivity contribution in [1.29, 1.82) is 0 Å². The standard InChI is InChI=1S/C11H24N2S/c1-10(12)11(2,3)9-13-5-4-7-14-8-6-13/h10H,4-9,12H2,1-3H3. The summed E-state index contributed by atoms with van der Waals surface area (Å²) in [4.78, 5) is 2.57. The van der Waals surface area contributed by atoms with Gasteiger partial charge in [-0.15, -0.1) is 0 Å². The molecule has 84 valence electrons. The van der Waals surface area contributed by atoms with E-state index in [1.807, 2.05) is 0 Å². The van der Waals surface area contributed by atoms with Crippen LogP contribution in [0.1, 0.15) is 27.2 Å². The van der Waals surface area contributed by atoms with Crippen LogP contribution in [0.3, 0.4) is 0 Å². The number of hydrogen-bond donors (Lipinski definition) is 1. The zero-order valence-corrected chi connectivity index (χ0v) is 10.6. The van der Waals surface area contributed by atoms with E-state index in [0.29, 0.717) is 0 Å². The first-order valence-electron chi connectivity index (χ1n) is 5.58. The fourth-order valence-electron chi connectivity index (χ4n) is 1.68. The second kappa shape index (κ2) is 5.38. The third-order valence-corrected chi connectivity index (χ3v) is 4.23. The Morgan fingerprint density at radius 1 is 1.36 bits per heavy atom. The molecule has 0 aliphatic carbocycles. The number of thioether (sulfide) groups is 1. The molecule has 2 N–H and O–H groups in total. The monoisotopic (exact) mass is 216 g/mol. The van der Waals surface area contributed by atoms with E-state index in [1.54, 1.807) is 0 Å². The van der Waals surface area contributed by atoms with Gasteiger partial charge in [-0.3, -0.25) is 0 Å². The molecule has 1 atom stereocenters.